The van der Waals surface area contributed by atoms with E-state index in [1.807, 2.05) is 23.0 Å². The molecule has 6 nitrogen and oxygen atoms in total. The molecule has 1 aliphatic rings. The predicted molar refractivity (Wildman–Crippen MR) is 113 cm³/mol. The van der Waals surface area contributed by atoms with Crippen LogP contribution in [0.4, 0.5) is 0 Å². The number of piperidine rings is 1. The van der Waals surface area contributed by atoms with Gasteiger partial charge in [-0.05, 0) is 87.2 Å². The molecule has 29 heavy (non-hydrogen) atoms. The predicted octanol–water partition coefficient (Wildman–Crippen LogP) is 3.87. The molecule has 1 atom stereocenters. The lowest BCUT2D eigenvalue weighted by molar-refractivity contribution is 0.137. The maximum absolute atomic E-state index is 4.67. The molecule has 0 aliphatic carbocycles. The van der Waals surface area contributed by atoms with E-state index in [4.69, 9.17) is 0 Å². The minimum atomic E-state index is -0.183. The highest BCUT2D eigenvalue weighted by molar-refractivity contribution is 5.19. The first-order valence-corrected chi connectivity index (χ1v) is 10.5. The first kappa shape index (κ1) is 19.7. The zero-order valence-electron chi connectivity index (χ0n) is 17.6. The molecule has 4 rings (SSSR count). The van der Waals surface area contributed by atoms with Gasteiger partial charge in [-0.3, -0.25) is 9.88 Å². The minimum Gasteiger partial charge on any atom is -0.288 e. The molecule has 0 amide bonds. The SMILES string of the molecule is CC(C)(C)n1nnnc1C(c1ccccn1)N1CCC(Cc2ccccc2)CC1. The van der Waals surface area contributed by atoms with Gasteiger partial charge in [0.1, 0.15) is 6.04 Å². The molecule has 0 spiro atoms. The Morgan fingerprint density at radius 1 is 1.00 bits per heavy atom. The van der Waals surface area contributed by atoms with Crippen molar-refractivity contribution in [3.8, 4) is 0 Å². The van der Waals surface area contributed by atoms with Crippen LogP contribution in [0.3, 0.4) is 0 Å². The minimum absolute atomic E-state index is 0.0249. The van der Waals surface area contributed by atoms with Gasteiger partial charge in [-0.25, -0.2) is 4.68 Å². The van der Waals surface area contributed by atoms with Crippen LogP contribution in [0.2, 0.25) is 0 Å². The zero-order chi connectivity index (χ0) is 20.3. The van der Waals surface area contributed by atoms with Crippen molar-refractivity contribution in [2.24, 2.45) is 5.92 Å². The van der Waals surface area contributed by atoms with Crippen molar-refractivity contribution in [1.29, 1.82) is 0 Å². The van der Waals surface area contributed by atoms with E-state index in [1.165, 1.54) is 18.4 Å². The summed E-state index contributed by atoms with van der Waals surface area (Å²) in [5, 5.41) is 12.8. The topological polar surface area (TPSA) is 59.7 Å². The third-order valence-electron chi connectivity index (χ3n) is 5.72. The Morgan fingerprint density at radius 2 is 1.72 bits per heavy atom. The van der Waals surface area contributed by atoms with Crippen LogP contribution < -0.4 is 0 Å². The van der Waals surface area contributed by atoms with E-state index in [2.05, 4.69) is 82.6 Å². The average Bonchev–Trinajstić information content (AvgIpc) is 3.21. The fraction of sp³-hybridized carbons (Fsp3) is 0.478. The lowest BCUT2D eigenvalue weighted by atomic mass is 9.89. The summed E-state index contributed by atoms with van der Waals surface area (Å²) in [6, 6.07) is 16.9. The molecule has 0 saturated carbocycles. The molecule has 3 aromatic rings. The summed E-state index contributed by atoms with van der Waals surface area (Å²) < 4.78 is 1.95. The summed E-state index contributed by atoms with van der Waals surface area (Å²) in [5.41, 5.74) is 2.26. The van der Waals surface area contributed by atoms with Crippen LogP contribution in [-0.4, -0.2) is 43.2 Å². The number of rotatable bonds is 5. The maximum atomic E-state index is 4.67. The summed E-state index contributed by atoms with van der Waals surface area (Å²) in [7, 11) is 0. The van der Waals surface area contributed by atoms with E-state index < -0.39 is 0 Å². The van der Waals surface area contributed by atoms with Crippen molar-refractivity contribution in [1.82, 2.24) is 30.1 Å². The lowest BCUT2D eigenvalue weighted by Crippen LogP contribution is -2.40. The molecule has 152 valence electrons. The first-order valence-electron chi connectivity index (χ1n) is 10.5. The summed E-state index contributed by atoms with van der Waals surface area (Å²) in [5.74, 6) is 1.59. The Balaban J connectivity index is 1.55. The van der Waals surface area contributed by atoms with E-state index in [0.29, 0.717) is 0 Å². The highest BCUT2D eigenvalue weighted by Gasteiger charge is 2.34. The molecule has 1 fully saturated rings. The van der Waals surface area contributed by atoms with Crippen LogP contribution in [0.15, 0.2) is 54.7 Å². The molecule has 3 heterocycles. The molecule has 1 saturated heterocycles. The second-order valence-corrected chi connectivity index (χ2v) is 8.95. The fourth-order valence-corrected chi connectivity index (χ4v) is 4.23. The van der Waals surface area contributed by atoms with Crippen LogP contribution >= 0.6 is 0 Å². The largest absolute Gasteiger partial charge is 0.288 e. The number of aromatic nitrogens is 5. The van der Waals surface area contributed by atoms with Crippen molar-refractivity contribution in [3.63, 3.8) is 0 Å². The Bertz CT molecular complexity index is 892. The van der Waals surface area contributed by atoms with Gasteiger partial charge in [-0.2, -0.15) is 0 Å². The van der Waals surface area contributed by atoms with Crippen molar-refractivity contribution in [3.05, 3.63) is 71.8 Å². The van der Waals surface area contributed by atoms with Crippen LogP contribution in [0, 0.1) is 5.92 Å². The van der Waals surface area contributed by atoms with E-state index >= 15 is 0 Å². The lowest BCUT2D eigenvalue weighted by Gasteiger charge is -2.37. The number of pyridine rings is 1. The molecule has 0 radical (unpaired) electrons. The van der Waals surface area contributed by atoms with Crippen molar-refractivity contribution in [2.45, 2.75) is 51.6 Å². The van der Waals surface area contributed by atoms with Gasteiger partial charge in [0.05, 0.1) is 11.2 Å². The molecule has 1 unspecified atom stereocenters. The van der Waals surface area contributed by atoms with Gasteiger partial charge in [-0.15, -0.1) is 5.10 Å². The summed E-state index contributed by atoms with van der Waals surface area (Å²) >= 11 is 0. The Morgan fingerprint density at radius 3 is 2.38 bits per heavy atom. The van der Waals surface area contributed by atoms with Gasteiger partial charge in [0.25, 0.3) is 0 Å². The molecular weight excluding hydrogens is 360 g/mol. The number of benzene rings is 1. The van der Waals surface area contributed by atoms with E-state index in [1.54, 1.807) is 0 Å². The fourth-order valence-electron chi connectivity index (χ4n) is 4.23. The van der Waals surface area contributed by atoms with Gasteiger partial charge >= 0.3 is 0 Å². The maximum Gasteiger partial charge on any atom is 0.175 e. The van der Waals surface area contributed by atoms with Crippen LogP contribution in [0.25, 0.3) is 0 Å². The van der Waals surface area contributed by atoms with Gasteiger partial charge in [0.15, 0.2) is 5.82 Å². The molecule has 0 N–H and O–H groups in total. The summed E-state index contributed by atoms with van der Waals surface area (Å²) in [6.45, 7) is 8.45. The highest BCUT2D eigenvalue weighted by atomic mass is 15.6. The quantitative estimate of drug-likeness (QED) is 0.662. The Labute approximate surface area is 173 Å². The number of likely N-dealkylation sites (tertiary alicyclic amines) is 1. The van der Waals surface area contributed by atoms with Crippen molar-refractivity contribution >= 4 is 0 Å². The number of hydrogen-bond acceptors (Lipinski definition) is 5. The second kappa shape index (κ2) is 8.41. The van der Waals surface area contributed by atoms with Crippen LogP contribution in [0.1, 0.15) is 56.7 Å². The normalized spacial score (nSPS) is 17.3. The zero-order valence-corrected chi connectivity index (χ0v) is 17.6. The molecular formula is C23H30N6. The van der Waals surface area contributed by atoms with Gasteiger partial charge < -0.3 is 0 Å². The Hall–Kier alpha value is -2.60. The van der Waals surface area contributed by atoms with Gasteiger partial charge in [0, 0.05) is 6.20 Å². The smallest absolute Gasteiger partial charge is 0.175 e. The molecule has 0 bridgehead atoms. The number of hydrogen-bond donors (Lipinski definition) is 0. The number of tetrazole rings is 1. The van der Waals surface area contributed by atoms with Crippen molar-refractivity contribution in [2.75, 3.05) is 13.1 Å². The molecule has 1 aliphatic heterocycles. The average molecular weight is 391 g/mol. The molecule has 6 heteroatoms. The van der Waals surface area contributed by atoms with Crippen LogP contribution in [0.5, 0.6) is 0 Å². The first-order chi connectivity index (χ1) is 14.0. The standard InChI is InChI=1S/C23H30N6/c1-23(2,3)29-22(25-26-27-29)21(20-11-7-8-14-24-20)28-15-12-19(13-16-28)17-18-9-5-4-6-10-18/h4-11,14,19,21H,12-13,15-17H2,1-3H3. The number of nitrogens with zero attached hydrogens (tertiary/aromatic N) is 6. The molecule has 1 aromatic carbocycles. The third-order valence-corrected chi connectivity index (χ3v) is 5.72. The van der Waals surface area contributed by atoms with E-state index in [-0.39, 0.29) is 11.6 Å². The molecule has 2 aromatic heterocycles. The van der Waals surface area contributed by atoms with E-state index in [9.17, 15) is 0 Å². The van der Waals surface area contributed by atoms with Gasteiger partial charge in [-0.1, -0.05) is 36.4 Å². The second-order valence-electron chi connectivity index (χ2n) is 8.95. The van der Waals surface area contributed by atoms with Gasteiger partial charge in [0.2, 0.25) is 0 Å². The van der Waals surface area contributed by atoms with E-state index in [0.717, 1.165) is 36.9 Å². The monoisotopic (exact) mass is 390 g/mol. The highest BCUT2D eigenvalue weighted by Crippen LogP contribution is 2.32. The third kappa shape index (κ3) is 4.53. The van der Waals surface area contributed by atoms with Crippen molar-refractivity contribution < 1.29 is 0 Å². The summed E-state index contributed by atoms with van der Waals surface area (Å²) in [6.07, 6.45) is 5.36. The Kier molecular flexibility index (Phi) is 5.72. The van der Waals surface area contributed by atoms with Crippen LogP contribution in [-0.2, 0) is 12.0 Å². The summed E-state index contributed by atoms with van der Waals surface area (Å²) in [4.78, 5) is 7.17.